The molecule has 0 aliphatic carbocycles. The standard InChI is InChI=1S/C14H16N2O4/c1-9(2)19-11-5-3-4-10(8-11)14-16-15-12(20-14)6-7-13(17)18/h3-5,8-9H,6-7H2,1-2H3,(H,17,18). The van der Waals surface area contributed by atoms with Crippen LogP contribution in [0.15, 0.2) is 28.7 Å². The summed E-state index contributed by atoms with van der Waals surface area (Å²) in [5.41, 5.74) is 0.747. The summed E-state index contributed by atoms with van der Waals surface area (Å²) in [6, 6.07) is 7.34. The second kappa shape index (κ2) is 6.18. The van der Waals surface area contributed by atoms with Crippen LogP contribution in [0.5, 0.6) is 5.75 Å². The van der Waals surface area contributed by atoms with Crippen LogP contribution in [0.1, 0.15) is 26.2 Å². The van der Waals surface area contributed by atoms with Gasteiger partial charge in [-0.05, 0) is 32.0 Å². The van der Waals surface area contributed by atoms with Crippen LogP contribution in [0.3, 0.4) is 0 Å². The molecule has 0 spiro atoms. The van der Waals surface area contributed by atoms with Gasteiger partial charge in [0, 0.05) is 12.0 Å². The highest BCUT2D eigenvalue weighted by molar-refractivity contribution is 5.66. The summed E-state index contributed by atoms with van der Waals surface area (Å²) in [4.78, 5) is 10.5. The number of aliphatic carboxylic acids is 1. The zero-order valence-electron chi connectivity index (χ0n) is 11.4. The minimum absolute atomic E-state index is 0.0296. The molecule has 0 saturated heterocycles. The number of benzene rings is 1. The maximum Gasteiger partial charge on any atom is 0.303 e. The van der Waals surface area contributed by atoms with Crippen molar-refractivity contribution < 1.29 is 19.1 Å². The Morgan fingerprint density at radius 1 is 1.40 bits per heavy atom. The molecule has 0 fully saturated rings. The van der Waals surface area contributed by atoms with Crippen molar-refractivity contribution in [2.45, 2.75) is 32.8 Å². The van der Waals surface area contributed by atoms with Crippen molar-refractivity contribution in [1.82, 2.24) is 10.2 Å². The number of rotatable bonds is 6. The van der Waals surface area contributed by atoms with E-state index in [2.05, 4.69) is 10.2 Å². The molecule has 0 aliphatic rings. The molecule has 2 aromatic rings. The van der Waals surface area contributed by atoms with Gasteiger partial charge < -0.3 is 14.3 Å². The van der Waals surface area contributed by atoms with Gasteiger partial charge in [0.2, 0.25) is 11.8 Å². The lowest BCUT2D eigenvalue weighted by Gasteiger charge is -2.09. The summed E-state index contributed by atoms with van der Waals surface area (Å²) in [7, 11) is 0. The molecule has 0 aliphatic heterocycles. The minimum Gasteiger partial charge on any atom is -0.491 e. The van der Waals surface area contributed by atoms with E-state index in [1.165, 1.54) is 0 Å². The van der Waals surface area contributed by atoms with E-state index in [0.29, 0.717) is 11.8 Å². The van der Waals surface area contributed by atoms with E-state index in [0.717, 1.165) is 11.3 Å². The van der Waals surface area contributed by atoms with Gasteiger partial charge in [-0.25, -0.2) is 0 Å². The third-order valence-electron chi connectivity index (χ3n) is 2.47. The van der Waals surface area contributed by atoms with Crippen molar-refractivity contribution >= 4 is 5.97 Å². The molecule has 106 valence electrons. The van der Waals surface area contributed by atoms with E-state index in [9.17, 15) is 4.79 Å². The molecule has 1 aromatic carbocycles. The van der Waals surface area contributed by atoms with Crippen molar-refractivity contribution in [3.63, 3.8) is 0 Å². The molecule has 6 heteroatoms. The van der Waals surface area contributed by atoms with Crippen molar-refractivity contribution in [1.29, 1.82) is 0 Å². The van der Waals surface area contributed by atoms with Gasteiger partial charge in [0.1, 0.15) is 5.75 Å². The maximum atomic E-state index is 10.5. The van der Waals surface area contributed by atoms with Crippen LogP contribution in [0, 0.1) is 0 Å². The molecule has 1 heterocycles. The largest absolute Gasteiger partial charge is 0.491 e. The molecule has 20 heavy (non-hydrogen) atoms. The summed E-state index contributed by atoms with van der Waals surface area (Å²) < 4.78 is 11.0. The number of carboxylic acids is 1. The predicted octanol–water partition coefficient (Wildman–Crippen LogP) is 2.54. The van der Waals surface area contributed by atoms with Crippen LogP contribution < -0.4 is 4.74 Å². The number of nitrogens with zero attached hydrogens (tertiary/aromatic N) is 2. The Balaban J connectivity index is 2.13. The topological polar surface area (TPSA) is 85.5 Å². The van der Waals surface area contributed by atoms with Crippen LogP contribution in [0.25, 0.3) is 11.5 Å². The first-order valence-electron chi connectivity index (χ1n) is 6.36. The third-order valence-corrected chi connectivity index (χ3v) is 2.47. The molecule has 0 bridgehead atoms. The maximum absolute atomic E-state index is 10.5. The molecule has 0 saturated carbocycles. The SMILES string of the molecule is CC(C)Oc1cccc(-c2nnc(CCC(=O)O)o2)c1. The normalized spacial score (nSPS) is 10.8. The van der Waals surface area contributed by atoms with Crippen molar-refractivity contribution in [3.8, 4) is 17.2 Å². The number of aryl methyl sites for hydroxylation is 1. The number of ether oxygens (including phenoxy) is 1. The Morgan fingerprint density at radius 3 is 2.90 bits per heavy atom. The highest BCUT2D eigenvalue weighted by Crippen LogP contribution is 2.23. The quantitative estimate of drug-likeness (QED) is 0.872. The lowest BCUT2D eigenvalue weighted by molar-refractivity contribution is -0.137. The van der Waals surface area contributed by atoms with Gasteiger partial charge in [-0.2, -0.15) is 0 Å². The van der Waals surface area contributed by atoms with Crippen LogP contribution in [-0.4, -0.2) is 27.4 Å². The van der Waals surface area contributed by atoms with E-state index in [-0.39, 0.29) is 18.9 Å². The lowest BCUT2D eigenvalue weighted by Crippen LogP contribution is -2.05. The van der Waals surface area contributed by atoms with E-state index in [4.69, 9.17) is 14.3 Å². The zero-order valence-corrected chi connectivity index (χ0v) is 11.4. The highest BCUT2D eigenvalue weighted by atomic mass is 16.5. The highest BCUT2D eigenvalue weighted by Gasteiger charge is 2.11. The average molecular weight is 276 g/mol. The summed E-state index contributed by atoms with van der Waals surface area (Å²) in [5, 5.41) is 16.4. The zero-order chi connectivity index (χ0) is 14.5. The molecule has 2 rings (SSSR count). The van der Waals surface area contributed by atoms with E-state index in [1.54, 1.807) is 0 Å². The van der Waals surface area contributed by atoms with E-state index >= 15 is 0 Å². The molecule has 0 amide bonds. The molecule has 6 nitrogen and oxygen atoms in total. The number of hydrogen-bond acceptors (Lipinski definition) is 5. The number of hydrogen-bond donors (Lipinski definition) is 1. The first kappa shape index (κ1) is 14.0. The predicted molar refractivity (Wildman–Crippen MR) is 71.5 cm³/mol. The Bertz CT molecular complexity index is 592. The molecular formula is C14H16N2O4. The van der Waals surface area contributed by atoms with Gasteiger partial charge in [0.15, 0.2) is 0 Å². The molecule has 1 aromatic heterocycles. The summed E-state index contributed by atoms with van der Waals surface area (Å²) >= 11 is 0. The summed E-state index contributed by atoms with van der Waals surface area (Å²) in [6.07, 6.45) is 0.280. The Morgan fingerprint density at radius 2 is 2.20 bits per heavy atom. The monoisotopic (exact) mass is 276 g/mol. The molecule has 1 N–H and O–H groups in total. The average Bonchev–Trinajstić information content (AvgIpc) is 2.84. The van der Waals surface area contributed by atoms with Gasteiger partial charge in [-0.3, -0.25) is 4.79 Å². The Labute approximate surface area is 116 Å². The number of carbonyl (C=O) groups is 1. The van der Waals surface area contributed by atoms with Gasteiger partial charge in [0.05, 0.1) is 12.5 Å². The fraction of sp³-hybridized carbons (Fsp3) is 0.357. The van der Waals surface area contributed by atoms with Crippen molar-refractivity contribution in [3.05, 3.63) is 30.2 Å². The van der Waals surface area contributed by atoms with Crippen molar-refractivity contribution in [2.24, 2.45) is 0 Å². The first-order valence-corrected chi connectivity index (χ1v) is 6.36. The molecular weight excluding hydrogens is 260 g/mol. The lowest BCUT2D eigenvalue weighted by atomic mass is 10.2. The number of carboxylic acid groups (broad SMARTS) is 1. The number of aromatic nitrogens is 2. The van der Waals surface area contributed by atoms with Crippen LogP contribution in [0.4, 0.5) is 0 Å². The summed E-state index contributed by atoms with van der Waals surface area (Å²) in [5.74, 6) is 0.511. The van der Waals surface area contributed by atoms with Crippen LogP contribution >= 0.6 is 0 Å². The van der Waals surface area contributed by atoms with Gasteiger partial charge in [-0.15, -0.1) is 10.2 Å². The fourth-order valence-electron chi connectivity index (χ4n) is 1.66. The van der Waals surface area contributed by atoms with Crippen molar-refractivity contribution in [2.75, 3.05) is 0 Å². The van der Waals surface area contributed by atoms with Crippen LogP contribution in [0.2, 0.25) is 0 Å². The van der Waals surface area contributed by atoms with E-state index < -0.39 is 5.97 Å². The van der Waals surface area contributed by atoms with Gasteiger partial charge in [0.25, 0.3) is 0 Å². The molecule has 0 radical (unpaired) electrons. The van der Waals surface area contributed by atoms with Gasteiger partial charge >= 0.3 is 5.97 Å². The fourth-order valence-corrected chi connectivity index (χ4v) is 1.66. The third kappa shape index (κ3) is 3.81. The molecule has 0 atom stereocenters. The van der Waals surface area contributed by atoms with Crippen LogP contribution in [-0.2, 0) is 11.2 Å². The summed E-state index contributed by atoms with van der Waals surface area (Å²) in [6.45, 7) is 3.90. The Hall–Kier alpha value is -2.37. The Kier molecular flexibility index (Phi) is 4.34. The second-order valence-corrected chi connectivity index (χ2v) is 4.59. The first-order chi connectivity index (χ1) is 9.54. The second-order valence-electron chi connectivity index (χ2n) is 4.59. The smallest absolute Gasteiger partial charge is 0.303 e. The minimum atomic E-state index is -0.892. The van der Waals surface area contributed by atoms with E-state index in [1.807, 2.05) is 38.1 Å². The van der Waals surface area contributed by atoms with Gasteiger partial charge in [-0.1, -0.05) is 6.07 Å². The molecule has 0 unspecified atom stereocenters.